The summed E-state index contributed by atoms with van der Waals surface area (Å²) < 4.78 is 10.2. The minimum Gasteiger partial charge on any atom is -0.457 e. The van der Waals surface area contributed by atoms with Crippen molar-refractivity contribution in [3.05, 3.63) is 124 Å². The highest BCUT2D eigenvalue weighted by atomic mass is 16.6. The normalized spacial score (nSPS) is 10.6. The van der Waals surface area contributed by atoms with Crippen LogP contribution in [-0.2, 0) is 11.2 Å². The summed E-state index contributed by atoms with van der Waals surface area (Å²) >= 11 is 0. The molecule has 190 valence electrons. The van der Waals surface area contributed by atoms with Crippen LogP contribution >= 0.6 is 0 Å². The van der Waals surface area contributed by atoms with Gasteiger partial charge in [0, 0.05) is 28.9 Å². The molecule has 0 aliphatic heterocycles. The zero-order valence-corrected chi connectivity index (χ0v) is 19.7. The fourth-order valence-electron chi connectivity index (χ4n) is 3.30. The van der Waals surface area contributed by atoms with Gasteiger partial charge in [0.2, 0.25) is 11.7 Å². The summed E-state index contributed by atoms with van der Waals surface area (Å²) in [6, 6.07) is 21.9. The molecule has 0 fully saturated rings. The van der Waals surface area contributed by atoms with E-state index in [2.05, 4.69) is 15.8 Å². The summed E-state index contributed by atoms with van der Waals surface area (Å²) in [6.45, 7) is 0. The molecule has 0 saturated heterocycles. The van der Waals surface area contributed by atoms with Gasteiger partial charge in [0.1, 0.15) is 5.75 Å². The standard InChI is InChI=1S/C27H20N4O7/c32-25(15-18-5-2-1-3-6-18)29-21-10-8-19(9-11-21)26(33)30-28-17-20-16-22(31(35)36)12-13-23(20)38-27(34)24-7-4-14-37-24/h1-14,16-17H,15H2,(H,29,32)(H,30,33)/b28-17+. The number of amides is 2. The first kappa shape index (κ1) is 25.5. The summed E-state index contributed by atoms with van der Waals surface area (Å²) in [4.78, 5) is 47.5. The largest absolute Gasteiger partial charge is 0.457 e. The maximum absolute atomic E-state index is 12.5. The molecule has 1 aromatic heterocycles. The Kier molecular flexibility index (Phi) is 7.99. The summed E-state index contributed by atoms with van der Waals surface area (Å²) in [6.07, 6.45) is 2.64. The fourth-order valence-corrected chi connectivity index (χ4v) is 3.30. The number of anilines is 1. The number of carbonyl (C=O) groups is 3. The maximum Gasteiger partial charge on any atom is 0.379 e. The van der Waals surface area contributed by atoms with Gasteiger partial charge in [-0.3, -0.25) is 19.7 Å². The van der Waals surface area contributed by atoms with Gasteiger partial charge in [0.15, 0.2) is 0 Å². The lowest BCUT2D eigenvalue weighted by Gasteiger charge is -2.07. The van der Waals surface area contributed by atoms with Crippen molar-refractivity contribution in [3.8, 4) is 5.75 Å². The Morgan fingerprint density at radius 1 is 0.974 bits per heavy atom. The van der Waals surface area contributed by atoms with Crippen molar-refractivity contribution in [2.24, 2.45) is 5.10 Å². The van der Waals surface area contributed by atoms with Crippen LogP contribution in [0.25, 0.3) is 0 Å². The van der Waals surface area contributed by atoms with Crippen molar-refractivity contribution in [3.63, 3.8) is 0 Å². The molecule has 0 aliphatic carbocycles. The number of furan rings is 1. The van der Waals surface area contributed by atoms with Crippen molar-refractivity contribution in [1.29, 1.82) is 0 Å². The van der Waals surface area contributed by atoms with E-state index in [1.165, 1.54) is 42.7 Å². The van der Waals surface area contributed by atoms with E-state index in [4.69, 9.17) is 9.15 Å². The predicted molar refractivity (Wildman–Crippen MR) is 137 cm³/mol. The molecule has 11 nitrogen and oxygen atoms in total. The van der Waals surface area contributed by atoms with Crippen molar-refractivity contribution >= 4 is 35.4 Å². The SMILES string of the molecule is O=C(Cc1ccccc1)Nc1ccc(C(=O)N/N=C/c2cc([N+](=O)[O-])ccc2OC(=O)c2ccco2)cc1. The van der Waals surface area contributed by atoms with E-state index in [1.54, 1.807) is 12.1 Å². The number of ether oxygens (including phenoxy) is 1. The van der Waals surface area contributed by atoms with E-state index >= 15 is 0 Å². The van der Waals surface area contributed by atoms with Gasteiger partial charge in [-0.05, 0) is 48.0 Å². The third-order valence-corrected chi connectivity index (χ3v) is 5.14. The highest BCUT2D eigenvalue weighted by Crippen LogP contribution is 2.24. The van der Waals surface area contributed by atoms with E-state index < -0.39 is 16.8 Å². The molecule has 0 spiro atoms. The third kappa shape index (κ3) is 6.76. The number of hydrazone groups is 1. The number of rotatable bonds is 9. The molecule has 0 unspecified atom stereocenters. The molecule has 2 N–H and O–H groups in total. The van der Waals surface area contributed by atoms with E-state index in [9.17, 15) is 24.5 Å². The van der Waals surface area contributed by atoms with Crippen LogP contribution in [-0.4, -0.2) is 28.9 Å². The monoisotopic (exact) mass is 512 g/mol. The van der Waals surface area contributed by atoms with Gasteiger partial charge in [-0.2, -0.15) is 5.10 Å². The lowest BCUT2D eigenvalue weighted by Crippen LogP contribution is -2.18. The van der Waals surface area contributed by atoms with Crippen molar-refractivity contribution in [2.75, 3.05) is 5.32 Å². The summed E-state index contributed by atoms with van der Waals surface area (Å²) in [5, 5.41) is 17.8. The quantitative estimate of drug-likeness (QED) is 0.111. The fraction of sp³-hybridized carbons (Fsp3) is 0.0370. The van der Waals surface area contributed by atoms with Gasteiger partial charge in [-0.1, -0.05) is 30.3 Å². The van der Waals surface area contributed by atoms with E-state index in [1.807, 2.05) is 30.3 Å². The second-order valence-corrected chi connectivity index (χ2v) is 7.83. The highest BCUT2D eigenvalue weighted by Gasteiger charge is 2.17. The minimum absolute atomic E-state index is 0.0226. The van der Waals surface area contributed by atoms with Crippen molar-refractivity contribution in [1.82, 2.24) is 5.43 Å². The Morgan fingerprint density at radius 2 is 1.74 bits per heavy atom. The van der Waals surface area contributed by atoms with E-state index in [0.29, 0.717) is 5.69 Å². The Balaban J connectivity index is 1.39. The smallest absolute Gasteiger partial charge is 0.379 e. The zero-order chi connectivity index (χ0) is 26.9. The Labute approximate surface area is 215 Å². The number of hydrogen-bond acceptors (Lipinski definition) is 8. The van der Waals surface area contributed by atoms with Crippen LogP contribution in [0.2, 0.25) is 0 Å². The Morgan fingerprint density at radius 3 is 2.42 bits per heavy atom. The van der Waals surface area contributed by atoms with E-state index in [0.717, 1.165) is 17.8 Å². The van der Waals surface area contributed by atoms with Crippen LogP contribution in [0.3, 0.4) is 0 Å². The number of benzene rings is 3. The van der Waals surface area contributed by atoms with Crippen molar-refractivity contribution < 1.29 is 28.5 Å². The number of esters is 1. The summed E-state index contributed by atoms with van der Waals surface area (Å²) in [5.74, 6) is -1.65. The average Bonchev–Trinajstić information content (AvgIpc) is 3.46. The summed E-state index contributed by atoms with van der Waals surface area (Å²) in [7, 11) is 0. The summed E-state index contributed by atoms with van der Waals surface area (Å²) in [5.41, 5.74) is 3.78. The van der Waals surface area contributed by atoms with Crippen LogP contribution in [0.1, 0.15) is 32.0 Å². The van der Waals surface area contributed by atoms with Crippen LogP contribution in [0.5, 0.6) is 5.75 Å². The molecule has 11 heteroatoms. The van der Waals surface area contributed by atoms with Crippen LogP contribution in [0.4, 0.5) is 11.4 Å². The van der Waals surface area contributed by atoms with Gasteiger partial charge in [-0.15, -0.1) is 0 Å². The molecular formula is C27H20N4O7. The molecule has 0 atom stereocenters. The molecule has 0 saturated carbocycles. The van der Waals surface area contributed by atoms with Crippen LogP contribution < -0.4 is 15.5 Å². The number of carbonyl (C=O) groups excluding carboxylic acids is 3. The molecule has 2 amide bonds. The van der Waals surface area contributed by atoms with Crippen LogP contribution in [0, 0.1) is 10.1 Å². The molecule has 0 bridgehead atoms. The van der Waals surface area contributed by atoms with Crippen molar-refractivity contribution in [2.45, 2.75) is 6.42 Å². The molecule has 4 aromatic rings. The van der Waals surface area contributed by atoms with Gasteiger partial charge >= 0.3 is 5.97 Å². The number of non-ortho nitro benzene ring substituents is 1. The molecule has 0 radical (unpaired) electrons. The molecule has 38 heavy (non-hydrogen) atoms. The van der Waals surface area contributed by atoms with Gasteiger partial charge < -0.3 is 14.5 Å². The lowest BCUT2D eigenvalue weighted by atomic mass is 10.1. The zero-order valence-electron chi connectivity index (χ0n) is 19.7. The predicted octanol–water partition coefficient (Wildman–Crippen LogP) is 4.35. The molecule has 0 aliphatic rings. The topological polar surface area (TPSA) is 153 Å². The molecular weight excluding hydrogens is 492 g/mol. The van der Waals surface area contributed by atoms with Crippen LogP contribution in [0.15, 0.2) is 101 Å². The second-order valence-electron chi connectivity index (χ2n) is 7.83. The molecule has 3 aromatic carbocycles. The van der Waals surface area contributed by atoms with Gasteiger partial charge in [0.25, 0.3) is 11.6 Å². The number of nitrogens with zero attached hydrogens (tertiary/aromatic N) is 2. The first-order valence-electron chi connectivity index (χ1n) is 11.2. The average molecular weight is 512 g/mol. The number of nitrogens with one attached hydrogen (secondary N) is 2. The number of nitro groups is 1. The molecule has 4 rings (SSSR count). The third-order valence-electron chi connectivity index (χ3n) is 5.14. The Bertz CT molecular complexity index is 1480. The molecule has 1 heterocycles. The first-order valence-corrected chi connectivity index (χ1v) is 11.2. The lowest BCUT2D eigenvalue weighted by molar-refractivity contribution is -0.384. The van der Waals surface area contributed by atoms with Gasteiger partial charge in [0.05, 0.1) is 23.8 Å². The first-order chi connectivity index (χ1) is 18.4. The second kappa shape index (κ2) is 11.9. The highest BCUT2D eigenvalue weighted by molar-refractivity contribution is 5.97. The Hall–Kier alpha value is -5.58. The maximum atomic E-state index is 12.5. The van der Waals surface area contributed by atoms with Gasteiger partial charge in [-0.25, -0.2) is 10.2 Å². The minimum atomic E-state index is -0.807. The van der Waals surface area contributed by atoms with E-state index in [-0.39, 0.29) is 40.7 Å². The number of hydrogen-bond donors (Lipinski definition) is 2. The number of nitro benzene ring substituents is 1.